The van der Waals surface area contributed by atoms with Gasteiger partial charge in [-0.05, 0) is 49.5 Å². The van der Waals surface area contributed by atoms with Gasteiger partial charge in [0.15, 0.2) is 0 Å². The molecule has 1 aromatic carbocycles. The molecule has 0 N–H and O–H groups in total. The number of hydrogen-bond donors (Lipinski definition) is 0. The highest BCUT2D eigenvalue weighted by Crippen LogP contribution is 2.29. The highest BCUT2D eigenvalue weighted by Gasteiger charge is 2.30. The Morgan fingerprint density at radius 2 is 1.71 bits per heavy atom. The van der Waals surface area contributed by atoms with Crippen LogP contribution in [0.5, 0.6) is 0 Å². The summed E-state index contributed by atoms with van der Waals surface area (Å²) in [5.74, 6) is 0.659. The molecule has 0 unspecified atom stereocenters. The summed E-state index contributed by atoms with van der Waals surface area (Å²) in [6, 6.07) is 5.56. The summed E-state index contributed by atoms with van der Waals surface area (Å²) in [6.07, 6.45) is -1.99. The van der Waals surface area contributed by atoms with Crippen molar-refractivity contribution in [3.63, 3.8) is 0 Å². The Balaban J connectivity index is 1.49. The second-order valence-corrected chi connectivity index (χ2v) is 6.85. The highest BCUT2D eigenvalue weighted by atomic mass is 19.4. The van der Waals surface area contributed by atoms with Crippen molar-refractivity contribution in [2.75, 3.05) is 45.9 Å². The second-order valence-electron chi connectivity index (χ2n) is 6.85. The molecular formula is C18H25F3N2O. The number of rotatable bonds is 4. The predicted octanol–water partition coefficient (Wildman–Crippen LogP) is 3.25. The standard InChI is InChI=1S/C18H25F3N2O/c19-18(20,21)17-4-2-15(3-5-17)12-22-7-1-8-23(10-9-22)13-16-6-11-24-14-16/h2-5,16H,1,6-14H2/t16-/m0/s1. The molecule has 1 atom stereocenters. The lowest BCUT2D eigenvalue weighted by Gasteiger charge is -2.24. The summed E-state index contributed by atoms with van der Waals surface area (Å²) >= 11 is 0. The van der Waals surface area contributed by atoms with Crippen LogP contribution in [0.4, 0.5) is 13.2 Å². The number of ether oxygens (including phenoxy) is 1. The molecule has 0 spiro atoms. The van der Waals surface area contributed by atoms with Crippen molar-refractivity contribution in [2.24, 2.45) is 5.92 Å². The van der Waals surface area contributed by atoms with Crippen molar-refractivity contribution in [3.8, 4) is 0 Å². The quantitative estimate of drug-likeness (QED) is 0.835. The van der Waals surface area contributed by atoms with E-state index in [1.165, 1.54) is 12.1 Å². The fourth-order valence-corrected chi connectivity index (χ4v) is 3.51. The summed E-state index contributed by atoms with van der Waals surface area (Å²) < 4.78 is 43.3. The van der Waals surface area contributed by atoms with Gasteiger partial charge in [-0.1, -0.05) is 12.1 Å². The van der Waals surface area contributed by atoms with Crippen molar-refractivity contribution < 1.29 is 17.9 Å². The molecule has 6 heteroatoms. The second kappa shape index (κ2) is 7.85. The van der Waals surface area contributed by atoms with E-state index >= 15 is 0 Å². The van der Waals surface area contributed by atoms with E-state index in [0.717, 1.165) is 70.9 Å². The molecule has 2 fully saturated rings. The molecule has 0 bridgehead atoms. The Kier molecular flexibility index (Phi) is 5.79. The zero-order valence-electron chi connectivity index (χ0n) is 13.9. The molecule has 0 aromatic heterocycles. The van der Waals surface area contributed by atoms with Crippen LogP contribution in [-0.2, 0) is 17.5 Å². The molecule has 0 radical (unpaired) electrons. The van der Waals surface area contributed by atoms with Gasteiger partial charge in [0.2, 0.25) is 0 Å². The van der Waals surface area contributed by atoms with E-state index < -0.39 is 11.7 Å². The van der Waals surface area contributed by atoms with Crippen LogP contribution in [0.1, 0.15) is 24.0 Å². The fraction of sp³-hybridized carbons (Fsp3) is 0.667. The van der Waals surface area contributed by atoms with E-state index in [4.69, 9.17) is 4.74 Å². The maximum atomic E-state index is 12.6. The number of halogens is 3. The zero-order valence-corrected chi connectivity index (χ0v) is 13.9. The van der Waals surface area contributed by atoms with Gasteiger partial charge in [0.25, 0.3) is 0 Å². The van der Waals surface area contributed by atoms with Crippen molar-refractivity contribution >= 4 is 0 Å². The number of nitrogens with zero attached hydrogens (tertiary/aromatic N) is 2. The molecule has 24 heavy (non-hydrogen) atoms. The Morgan fingerprint density at radius 1 is 1.00 bits per heavy atom. The molecule has 0 saturated carbocycles. The summed E-state index contributed by atoms with van der Waals surface area (Å²) in [5, 5.41) is 0. The third-order valence-electron chi connectivity index (χ3n) is 4.91. The molecular weight excluding hydrogens is 317 g/mol. The topological polar surface area (TPSA) is 15.7 Å². The molecule has 2 aliphatic rings. The molecule has 0 aliphatic carbocycles. The minimum atomic E-state index is -4.26. The van der Waals surface area contributed by atoms with Gasteiger partial charge in [0, 0.05) is 32.8 Å². The summed E-state index contributed by atoms with van der Waals surface area (Å²) in [6.45, 7) is 7.68. The Hall–Kier alpha value is -1.11. The highest BCUT2D eigenvalue weighted by molar-refractivity contribution is 5.24. The van der Waals surface area contributed by atoms with Crippen LogP contribution >= 0.6 is 0 Å². The van der Waals surface area contributed by atoms with E-state index in [9.17, 15) is 13.2 Å². The van der Waals surface area contributed by atoms with Crippen LogP contribution in [0, 0.1) is 5.92 Å². The van der Waals surface area contributed by atoms with Crippen molar-refractivity contribution in [2.45, 2.75) is 25.6 Å². The van der Waals surface area contributed by atoms with Gasteiger partial charge in [0.1, 0.15) is 0 Å². The van der Waals surface area contributed by atoms with Crippen LogP contribution in [-0.4, -0.2) is 55.7 Å². The first kappa shape index (κ1) is 17.7. The number of alkyl halides is 3. The van der Waals surface area contributed by atoms with Gasteiger partial charge in [-0.25, -0.2) is 0 Å². The van der Waals surface area contributed by atoms with E-state index in [1.54, 1.807) is 12.1 Å². The monoisotopic (exact) mass is 342 g/mol. The van der Waals surface area contributed by atoms with Gasteiger partial charge >= 0.3 is 6.18 Å². The van der Waals surface area contributed by atoms with Crippen LogP contribution in [0.15, 0.2) is 24.3 Å². The van der Waals surface area contributed by atoms with E-state index in [0.29, 0.717) is 5.92 Å². The third kappa shape index (κ3) is 4.94. The van der Waals surface area contributed by atoms with E-state index in [-0.39, 0.29) is 0 Å². The molecule has 3 rings (SSSR count). The number of hydrogen-bond acceptors (Lipinski definition) is 3. The first-order valence-electron chi connectivity index (χ1n) is 8.69. The molecule has 3 nitrogen and oxygen atoms in total. The van der Waals surface area contributed by atoms with Crippen molar-refractivity contribution in [1.82, 2.24) is 9.80 Å². The zero-order chi connectivity index (χ0) is 17.0. The van der Waals surface area contributed by atoms with Crippen LogP contribution in [0.25, 0.3) is 0 Å². The van der Waals surface area contributed by atoms with Gasteiger partial charge in [0.05, 0.1) is 12.2 Å². The third-order valence-corrected chi connectivity index (χ3v) is 4.91. The Morgan fingerprint density at radius 3 is 2.38 bits per heavy atom. The summed E-state index contributed by atoms with van der Waals surface area (Å²) in [5.41, 5.74) is 0.368. The van der Waals surface area contributed by atoms with Gasteiger partial charge in [-0.3, -0.25) is 4.90 Å². The van der Waals surface area contributed by atoms with Gasteiger partial charge in [-0.2, -0.15) is 13.2 Å². The summed E-state index contributed by atoms with van der Waals surface area (Å²) in [4.78, 5) is 4.85. The molecule has 2 heterocycles. The lowest BCUT2D eigenvalue weighted by atomic mass is 10.1. The van der Waals surface area contributed by atoms with Gasteiger partial charge < -0.3 is 9.64 Å². The van der Waals surface area contributed by atoms with Crippen LogP contribution < -0.4 is 0 Å². The Bertz CT molecular complexity index is 512. The lowest BCUT2D eigenvalue weighted by Crippen LogP contribution is -2.34. The first-order valence-corrected chi connectivity index (χ1v) is 8.69. The summed E-state index contributed by atoms with van der Waals surface area (Å²) in [7, 11) is 0. The van der Waals surface area contributed by atoms with Crippen LogP contribution in [0.2, 0.25) is 0 Å². The van der Waals surface area contributed by atoms with Crippen molar-refractivity contribution in [1.29, 1.82) is 0 Å². The molecule has 134 valence electrons. The number of benzene rings is 1. The lowest BCUT2D eigenvalue weighted by molar-refractivity contribution is -0.137. The predicted molar refractivity (Wildman–Crippen MR) is 86.7 cm³/mol. The smallest absolute Gasteiger partial charge is 0.381 e. The minimum Gasteiger partial charge on any atom is -0.381 e. The normalized spacial score (nSPS) is 24.2. The average Bonchev–Trinajstić information content (AvgIpc) is 2.95. The van der Waals surface area contributed by atoms with Crippen molar-refractivity contribution in [3.05, 3.63) is 35.4 Å². The first-order chi connectivity index (χ1) is 11.5. The van der Waals surface area contributed by atoms with Crippen LogP contribution in [0.3, 0.4) is 0 Å². The molecule has 0 amide bonds. The fourth-order valence-electron chi connectivity index (χ4n) is 3.51. The molecule has 2 saturated heterocycles. The average molecular weight is 342 g/mol. The maximum Gasteiger partial charge on any atom is 0.416 e. The minimum absolute atomic E-state index is 0.577. The maximum absolute atomic E-state index is 12.6. The van der Waals surface area contributed by atoms with E-state index in [1.807, 2.05) is 0 Å². The SMILES string of the molecule is FC(F)(F)c1ccc(CN2CCCN(C[C@@H]3CCOC3)CC2)cc1. The molecule has 1 aromatic rings. The molecule has 2 aliphatic heterocycles. The Labute approximate surface area is 141 Å². The van der Waals surface area contributed by atoms with Gasteiger partial charge in [-0.15, -0.1) is 0 Å². The van der Waals surface area contributed by atoms with E-state index in [2.05, 4.69) is 9.80 Å². The largest absolute Gasteiger partial charge is 0.416 e.